The summed E-state index contributed by atoms with van der Waals surface area (Å²) in [6, 6.07) is 9.33. The van der Waals surface area contributed by atoms with Crippen LogP contribution in [0.2, 0.25) is 0 Å². The molecule has 4 nitrogen and oxygen atoms in total. The van der Waals surface area contributed by atoms with E-state index in [9.17, 15) is 9.90 Å². The molecule has 17 heavy (non-hydrogen) atoms. The number of carbonyl (C=O) groups is 1. The zero-order valence-corrected chi connectivity index (χ0v) is 9.97. The third kappa shape index (κ3) is 2.33. The van der Waals surface area contributed by atoms with Gasteiger partial charge in [-0.05, 0) is 18.9 Å². The molecule has 1 aliphatic heterocycles. The van der Waals surface area contributed by atoms with E-state index in [0.717, 1.165) is 5.56 Å². The van der Waals surface area contributed by atoms with E-state index >= 15 is 0 Å². The molecule has 0 saturated carbocycles. The van der Waals surface area contributed by atoms with Gasteiger partial charge in [0, 0.05) is 13.1 Å². The minimum Gasteiger partial charge on any atom is -0.391 e. The van der Waals surface area contributed by atoms with Crippen molar-refractivity contribution in [2.24, 2.45) is 5.73 Å². The highest BCUT2D eigenvalue weighted by Crippen LogP contribution is 2.22. The van der Waals surface area contributed by atoms with Gasteiger partial charge in [-0.1, -0.05) is 30.3 Å². The van der Waals surface area contributed by atoms with Gasteiger partial charge in [-0.15, -0.1) is 0 Å². The van der Waals surface area contributed by atoms with Gasteiger partial charge in [-0.25, -0.2) is 0 Å². The molecule has 4 heteroatoms. The van der Waals surface area contributed by atoms with Crippen LogP contribution < -0.4 is 5.73 Å². The van der Waals surface area contributed by atoms with Crippen molar-refractivity contribution in [3.8, 4) is 0 Å². The summed E-state index contributed by atoms with van der Waals surface area (Å²) in [6.45, 7) is 2.69. The molecule has 92 valence electrons. The number of hydrogen-bond donors (Lipinski definition) is 2. The molecular formula is C13H18N2O2. The van der Waals surface area contributed by atoms with Gasteiger partial charge in [0.15, 0.2) is 0 Å². The Morgan fingerprint density at radius 3 is 2.65 bits per heavy atom. The number of carbonyl (C=O) groups excluding carboxylic acids is 1. The van der Waals surface area contributed by atoms with Crippen molar-refractivity contribution in [2.45, 2.75) is 25.0 Å². The Bertz CT molecular complexity index is 403. The second kappa shape index (κ2) is 4.47. The number of amides is 1. The number of nitrogens with two attached hydrogens (primary N) is 1. The van der Waals surface area contributed by atoms with Crippen molar-refractivity contribution >= 4 is 5.91 Å². The number of β-amino-alcohol motifs (C(OH)–C–C–N with tert-alkyl or cyclic N) is 1. The molecule has 1 heterocycles. The Morgan fingerprint density at radius 1 is 1.47 bits per heavy atom. The predicted octanol–water partition coefficient (Wildman–Crippen LogP) is 0.454. The summed E-state index contributed by atoms with van der Waals surface area (Å²) in [5.74, 6) is -0.125. The summed E-state index contributed by atoms with van der Waals surface area (Å²) in [6.07, 6.45) is 0.224. The first-order valence-electron chi connectivity index (χ1n) is 5.83. The largest absolute Gasteiger partial charge is 0.391 e. The smallest absolute Gasteiger partial charge is 0.247 e. The summed E-state index contributed by atoms with van der Waals surface area (Å²) in [4.78, 5) is 13.9. The molecular weight excluding hydrogens is 216 g/mol. The summed E-state index contributed by atoms with van der Waals surface area (Å²) in [7, 11) is 0. The maximum absolute atomic E-state index is 12.3. The number of hydrogen-bond acceptors (Lipinski definition) is 3. The number of benzene rings is 1. The van der Waals surface area contributed by atoms with Gasteiger partial charge in [-0.3, -0.25) is 4.79 Å². The molecule has 1 aromatic carbocycles. The number of rotatable bonds is 2. The monoisotopic (exact) mass is 234 g/mol. The lowest BCUT2D eigenvalue weighted by molar-refractivity contribution is -0.136. The SMILES string of the molecule is CC(N)(C(=O)N1CC[C@H](O)C1)c1ccccc1. The van der Waals surface area contributed by atoms with Gasteiger partial charge >= 0.3 is 0 Å². The van der Waals surface area contributed by atoms with Crippen LogP contribution in [-0.4, -0.2) is 35.1 Å². The van der Waals surface area contributed by atoms with Crippen molar-refractivity contribution < 1.29 is 9.90 Å². The number of nitrogens with zero attached hydrogens (tertiary/aromatic N) is 1. The normalized spacial score (nSPS) is 23.5. The third-order valence-corrected chi connectivity index (χ3v) is 3.27. The second-order valence-electron chi connectivity index (χ2n) is 4.76. The second-order valence-corrected chi connectivity index (χ2v) is 4.76. The van der Waals surface area contributed by atoms with Crippen LogP contribution in [0.15, 0.2) is 30.3 Å². The van der Waals surface area contributed by atoms with Gasteiger partial charge in [0.05, 0.1) is 6.10 Å². The van der Waals surface area contributed by atoms with Crippen molar-refractivity contribution in [3.05, 3.63) is 35.9 Å². The van der Waals surface area contributed by atoms with Crippen LogP contribution in [0.1, 0.15) is 18.9 Å². The number of likely N-dealkylation sites (tertiary alicyclic amines) is 1. The zero-order chi connectivity index (χ0) is 12.5. The first kappa shape index (κ1) is 12.1. The summed E-state index contributed by atoms with van der Waals surface area (Å²) < 4.78 is 0. The van der Waals surface area contributed by atoms with Crippen LogP contribution in [0, 0.1) is 0 Å². The average molecular weight is 234 g/mol. The van der Waals surface area contributed by atoms with Gasteiger partial charge in [0.25, 0.3) is 0 Å². The average Bonchev–Trinajstić information content (AvgIpc) is 2.76. The molecule has 1 amide bonds. The third-order valence-electron chi connectivity index (χ3n) is 3.27. The topological polar surface area (TPSA) is 66.6 Å². The highest BCUT2D eigenvalue weighted by molar-refractivity contribution is 5.87. The number of aliphatic hydroxyl groups is 1. The van der Waals surface area contributed by atoms with Crippen LogP contribution in [0.5, 0.6) is 0 Å². The molecule has 1 fully saturated rings. The Labute approximate surface area is 101 Å². The maximum Gasteiger partial charge on any atom is 0.247 e. The molecule has 2 atom stereocenters. The first-order valence-corrected chi connectivity index (χ1v) is 5.83. The minimum atomic E-state index is -1.02. The van der Waals surface area contributed by atoms with E-state index in [-0.39, 0.29) is 5.91 Å². The standard InChI is InChI=1S/C13H18N2O2/c1-13(14,10-5-3-2-4-6-10)12(17)15-8-7-11(16)9-15/h2-6,11,16H,7-9,14H2,1H3/t11-,13?/m0/s1. The number of aliphatic hydroxyl groups excluding tert-OH is 1. The van der Waals surface area contributed by atoms with Crippen molar-refractivity contribution in [2.75, 3.05) is 13.1 Å². The molecule has 1 saturated heterocycles. The fraction of sp³-hybridized carbons (Fsp3) is 0.462. The minimum absolute atomic E-state index is 0.125. The van der Waals surface area contributed by atoms with Gasteiger partial charge in [-0.2, -0.15) is 0 Å². The van der Waals surface area contributed by atoms with E-state index in [1.165, 1.54) is 0 Å². The molecule has 1 aliphatic rings. The van der Waals surface area contributed by atoms with Crippen molar-refractivity contribution in [3.63, 3.8) is 0 Å². The molecule has 0 bridgehead atoms. The molecule has 3 N–H and O–H groups in total. The van der Waals surface area contributed by atoms with Gasteiger partial charge < -0.3 is 15.7 Å². The summed E-state index contributed by atoms with van der Waals surface area (Å²) in [5.41, 5.74) is 5.91. The first-order chi connectivity index (χ1) is 8.01. The van der Waals surface area contributed by atoms with E-state index in [1.54, 1.807) is 11.8 Å². The summed E-state index contributed by atoms with van der Waals surface area (Å²) >= 11 is 0. The Balaban J connectivity index is 2.18. The fourth-order valence-corrected chi connectivity index (χ4v) is 2.16. The van der Waals surface area contributed by atoms with E-state index in [1.807, 2.05) is 30.3 Å². The highest BCUT2D eigenvalue weighted by Gasteiger charge is 2.37. The van der Waals surface area contributed by atoms with Gasteiger partial charge in [0.1, 0.15) is 5.54 Å². The Hall–Kier alpha value is -1.39. The lowest BCUT2D eigenvalue weighted by Crippen LogP contribution is -2.50. The zero-order valence-electron chi connectivity index (χ0n) is 9.97. The Morgan fingerprint density at radius 2 is 2.12 bits per heavy atom. The molecule has 1 aromatic rings. The molecule has 1 unspecified atom stereocenters. The van der Waals surface area contributed by atoms with Crippen LogP contribution in [0.4, 0.5) is 0 Å². The van der Waals surface area contributed by atoms with E-state index in [0.29, 0.717) is 19.5 Å². The molecule has 0 spiro atoms. The van der Waals surface area contributed by atoms with Crippen molar-refractivity contribution in [1.82, 2.24) is 4.90 Å². The fourth-order valence-electron chi connectivity index (χ4n) is 2.16. The maximum atomic E-state index is 12.3. The lowest BCUT2D eigenvalue weighted by atomic mass is 9.92. The lowest BCUT2D eigenvalue weighted by Gasteiger charge is -2.29. The van der Waals surface area contributed by atoms with Crippen LogP contribution in [0.25, 0.3) is 0 Å². The van der Waals surface area contributed by atoms with Crippen molar-refractivity contribution in [1.29, 1.82) is 0 Å². The summed E-state index contributed by atoms with van der Waals surface area (Å²) in [5, 5.41) is 9.45. The van der Waals surface area contributed by atoms with E-state index < -0.39 is 11.6 Å². The molecule has 2 rings (SSSR count). The molecule has 0 radical (unpaired) electrons. The quantitative estimate of drug-likeness (QED) is 0.781. The van der Waals surface area contributed by atoms with E-state index in [2.05, 4.69) is 0 Å². The van der Waals surface area contributed by atoms with Crippen LogP contribution >= 0.6 is 0 Å². The van der Waals surface area contributed by atoms with E-state index in [4.69, 9.17) is 5.73 Å². The predicted molar refractivity (Wildman–Crippen MR) is 65.2 cm³/mol. The highest BCUT2D eigenvalue weighted by atomic mass is 16.3. The van der Waals surface area contributed by atoms with Crippen LogP contribution in [0.3, 0.4) is 0 Å². The van der Waals surface area contributed by atoms with Gasteiger partial charge in [0.2, 0.25) is 5.91 Å². The molecule has 0 aliphatic carbocycles. The van der Waals surface area contributed by atoms with Crippen LogP contribution in [-0.2, 0) is 10.3 Å². The molecule has 0 aromatic heterocycles. The Kier molecular flexibility index (Phi) is 3.17.